The quantitative estimate of drug-likeness (QED) is 0.827. The molecule has 1 atom stereocenters. The van der Waals surface area contributed by atoms with E-state index in [2.05, 4.69) is 20.6 Å². The van der Waals surface area contributed by atoms with Gasteiger partial charge in [-0.3, -0.25) is 14.6 Å². The standard InChI is InChI=1S/C18H20N4O3/c23-17(20-11-13-5-1-2-9-19-13)15-7-3-8-16(22-15)18(24)21-12-14-6-4-10-25-14/h1-3,5,7-9,14H,4,6,10-12H2,(H,20,23)(H,21,24). The van der Waals surface area contributed by atoms with Crippen LogP contribution in [-0.4, -0.2) is 41.0 Å². The van der Waals surface area contributed by atoms with Crippen LogP contribution in [0.1, 0.15) is 39.5 Å². The summed E-state index contributed by atoms with van der Waals surface area (Å²) in [6, 6.07) is 10.3. The molecule has 2 amide bonds. The van der Waals surface area contributed by atoms with E-state index in [1.54, 1.807) is 24.4 Å². The summed E-state index contributed by atoms with van der Waals surface area (Å²) in [6.07, 6.45) is 3.70. The minimum Gasteiger partial charge on any atom is -0.376 e. The molecule has 25 heavy (non-hydrogen) atoms. The Morgan fingerprint density at radius 2 is 1.88 bits per heavy atom. The Labute approximate surface area is 145 Å². The molecule has 7 nitrogen and oxygen atoms in total. The lowest BCUT2D eigenvalue weighted by molar-refractivity contribution is 0.0853. The Hall–Kier alpha value is -2.80. The molecule has 130 valence electrons. The molecule has 0 aromatic carbocycles. The summed E-state index contributed by atoms with van der Waals surface area (Å²) in [4.78, 5) is 32.7. The molecule has 1 aliphatic rings. The number of carbonyl (C=O) groups excluding carboxylic acids is 2. The van der Waals surface area contributed by atoms with Gasteiger partial charge >= 0.3 is 0 Å². The van der Waals surface area contributed by atoms with Crippen LogP contribution in [0.15, 0.2) is 42.6 Å². The maximum Gasteiger partial charge on any atom is 0.270 e. The molecular weight excluding hydrogens is 320 g/mol. The van der Waals surface area contributed by atoms with Gasteiger partial charge in [-0.25, -0.2) is 4.98 Å². The molecule has 0 radical (unpaired) electrons. The molecule has 1 fully saturated rings. The van der Waals surface area contributed by atoms with E-state index in [1.165, 1.54) is 0 Å². The van der Waals surface area contributed by atoms with Crippen molar-refractivity contribution < 1.29 is 14.3 Å². The van der Waals surface area contributed by atoms with Crippen LogP contribution < -0.4 is 10.6 Å². The second-order valence-electron chi connectivity index (χ2n) is 5.76. The Morgan fingerprint density at radius 3 is 2.56 bits per heavy atom. The molecule has 0 spiro atoms. The Balaban J connectivity index is 1.56. The van der Waals surface area contributed by atoms with Crippen molar-refractivity contribution in [3.63, 3.8) is 0 Å². The van der Waals surface area contributed by atoms with Crippen LogP contribution in [0, 0.1) is 0 Å². The number of nitrogens with one attached hydrogen (secondary N) is 2. The van der Waals surface area contributed by atoms with Gasteiger partial charge in [0.2, 0.25) is 0 Å². The lowest BCUT2D eigenvalue weighted by Gasteiger charge is -2.11. The topological polar surface area (TPSA) is 93.2 Å². The second-order valence-corrected chi connectivity index (χ2v) is 5.76. The maximum absolute atomic E-state index is 12.2. The fourth-order valence-corrected chi connectivity index (χ4v) is 2.55. The molecule has 3 rings (SSSR count). The zero-order chi connectivity index (χ0) is 17.5. The number of nitrogens with zero attached hydrogens (tertiary/aromatic N) is 2. The number of aromatic nitrogens is 2. The molecule has 2 aromatic heterocycles. The highest BCUT2D eigenvalue weighted by molar-refractivity contribution is 5.96. The van der Waals surface area contributed by atoms with Crippen LogP contribution in [0.5, 0.6) is 0 Å². The SMILES string of the molecule is O=C(NCc1ccccn1)c1cccc(C(=O)NCC2CCCO2)n1. The molecule has 7 heteroatoms. The number of hydrogen-bond acceptors (Lipinski definition) is 5. The number of pyridine rings is 2. The van der Waals surface area contributed by atoms with E-state index in [0.29, 0.717) is 13.1 Å². The number of carbonyl (C=O) groups is 2. The molecule has 2 aromatic rings. The second kappa shape index (κ2) is 8.34. The first-order chi connectivity index (χ1) is 12.2. The van der Waals surface area contributed by atoms with E-state index in [9.17, 15) is 9.59 Å². The number of ether oxygens (including phenoxy) is 1. The minimum absolute atomic E-state index is 0.0637. The van der Waals surface area contributed by atoms with Crippen molar-refractivity contribution in [2.24, 2.45) is 0 Å². The average molecular weight is 340 g/mol. The van der Waals surface area contributed by atoms with Crippen molar-refractivity contribution in [1.29, 1.82) is 0 Å². The van der Waals surface area contributed by atoms with E-state index in [0.717, 1.165) is 25.1 Å². The lowest BCUT2D eigenvalue weighted by Crippen LogP contribution is -2.33. The van der Waals surface area contributed by atoms with Crippen molar-refractivity contribution in [1.82, 2.24) is 20.6 Å². The van der Waals surface area contributed by atoms with Gasteiger partial charge in [0.15, 0.2) is 0 Å². The number of amides is 2. The van der Waals surface area contributed by atoms with Crippen LogP contribution in [-0.2, 0) is 11.3 Å². The third-order valence-corrected chi connectivity index (χ3v) is 3.88. The van der Waals surface area contributed by atoms with Gasteiger partial charge in [0.25, 0.3) is 11.8 Å². The smallest absolute Gasteiger partial charge is 0.270 e. The fraction of sp³-hybridized carbons (Fsp3) is 0.333. The Morgan fingerprint density at radius 1 is 1.08 bits per heavy atom. The van der Waals surface area contributed by atoms with E-state index in [-0.39, 0.29) is 29.3 Å². The van der Waals surface area contributed by atoms with Crippen molar-refractivity contribution in [3.05, 3.63) is 59.7 Å². The number of hydrogen-bond donors (Lipinski definition) is 2. The molecule has 0 aliphatic carbocycles. The van der Waals surface area contributed by atoms with E-state index in [1.807, 2.05) is 18.2 Å². The van der Waals surface area contributed by atoms with E-state index in [4.69, 9.17) is 4.74 Å². The third-order valence-electron chi connectivity index (χ3n) is 3.88. The van der Waals surface area contributed by atoms with E-state index < -0.39 is 0 Å². The van der Waals surface area contributed by atoms with Crippen LogP contribution >= 0.6 is 0 Å². The van der Waals surface area contributed by atoms with Gasteiger partial charge in [0.1, 0.15) is 11.4 Å². The predicted octanol–water partition coefficient (Wildman–Crippen LogP) is 1.32. The summed E-state index contributed by atoms with van der Waals surface area (Å²) >= 11 is 0. The molecule has 1 unspecified atom stereocenters. The van der Waals surface area contributed by atoms with Crippen LogP contribution in [0.25, 0.3) is 0 Å². The van der Waals surface area contributed by atoms with Crippen molar-refractivity contribution in [3.8, 4) is 0 Å². The maximum atomic E-state index is 12.2. The Kier molecular flexibility index (Phi) is 5.69. The summed E-state index contributed by atoms with van der Waals surface area (Å²) < 4.78 is 5.47. The van der Waals surface area contributed by atoms with Crippen molar-refractivity contribution in [2.45, 2.75) is 25.5 Å². The van der Waals surface area contributed by atoms with Gasteiger partial charge in [0, 0.05) is 19.3 Å². The molecule has 3 heterocycles. The minimum atomic E-state index is -0.348. The Bertz CT molecular complexity index is 730. The summed E-state index contributed by atoms with van der Waals surface area (Å²) in [5, 5.41) is 5.54. The highest BCUT2D eigenvalue weighted by Gasteiger charge is 2.18. The fourth-order valence-electron chi connectivity index (χ4n) is 2.55. The normalized spacial score (nSPS) is 16.4. The first-order valence-electron chi connectivity index (χ1n) is 8.27. The lowest BCUT2D eigenvalue weighted by atomic mass is 10.2. The van der Waals surface area contributed by atoms with Gasteiger partial charge in [-0.2, -0.15) is 0 Å². The molecule has 2 N–H and O–H groups in total. The summed E-state index contributed by atoms with van der Waals surface area (Å²) in [5.41, 5.74) is 1.16. The first kappa shape index (κ1) is 17.0. The summed E-state index contributed by atoms with van der Waals surface area (Å²) in [5.74, 6) is -0.658. The average Bonchev–Trinajstić information content (AvgIpc) is 3.18. The molecule has 0 bridgehead atoms. The zero-order valence-corrected chi connectivity index (χ0v) is 13.8. The predicted molar refractivity (Wildman–Crippen MR) is 91.0 cm³/mol. The highest BCUT2D eigenvalue weighted by atomic mass is 16.5. The zero-order valence-electron chi connectivity index (χ0n) is 13.8. The van der Waals surface area contributed by atoms with E-state index >= 15 is 0 Å². The van der Waals surface area contributed by atoms with Crippen LogP contribution in [0.4, 0.5) is 0 Å². The van der Waals surface area contributed by atoms with Crippen LogP contribution in [0.2, 0.25) is 0 Å². The summed E-state index contributed by atoms with van der Waals surface area (Å²) in [6.45, 7) is 1.50. The summed E-state index contributed by atoms with van der Waals surface area (Å²) in [7, 11) is 0. The van der Waals surface area contributed by atoms with Gasteiger partial charge in [-0.1, -0.05) is 12.1 Å². The van der Waals surface area contributed by atoms with Crippen molar-refractivity contribution >= 4 is 11.8 Å². The monoisotopic (exact) mass is 340 g/mol. The molecule has 1 saturated heterocycles. The van der Waals surface area contributed by atoms with Gasteiger partial charge in [0.05, 0.1) is 18.3 Å². The first-order valence-corrected chi connectivity index (χ1v) is 8.27. The van der Waals surface area contributed by atoms with Crippen molar-refractivity contribution in [2.75, 3.05) is 13.2 Å². The van der Waals surface area contributed by atoms with Gasteiger partial charge in [-0.15, -0.1) is 0 Å². The third kappa shape index (κ3) is 4.84. The van der Waals surface area contributed by atoms with Gasteiger partial charge in [-0.05, 0) is 37.1 Å². The largest absolute Gasteiger partial charge is 0.376 e. The highest BCUT2D eigenvalue weighted by Crippen LogP contribution is 2.10. The molecule has 1 aliphatic heterocycles. The van der Waals surface area contributed by atoms with Crippen LogP contribution in [0.3, 0.4) is 0 Å². The molecule has 0 saturated carbocycles. The number of rotatable bonds is 6. The molecular formula is C18H20N4O3. The van der Waals surface area contributed by atoms with Gasteiger partial charge < -0.3 is 15.4 Å².